The van der Waals surface area contributed by atoms with Crippen molar-refractivity contribution in [2.45, 2.75) is 13.1 Å². The molecule has 102 valence electrons. The van der Waals surface area contributed by atoms with E-state index >= 15 is 0 Å². The normalized spacial score (nSPS) is 10.5. The highest BCUT2D eigenvalue weighted by molar-refractivity contribution is 6.42. The first-order chi connectivity index (χ1) is 9.70. The molecule has 0 amide bonds. The third kappa shape index (κ3) is 3.98. The standard InChI is InChI=1S/C16H14Cl2N2/c17-15-8-4-7-14(16(15)18)12-20(10-9-19)11-13-5-2-1-3-6-13/h1-8H,10-12H2. The fraction of sp³-hybridized carbons (Fsp3) is 0.188. The summed E-state index contributed by atoms with van der Waals surface area (Å²) in [7, 11) is 0. The third-order valence-corrected chi connectivity index (χ3v) is 3.83. The second-order valence-electron chi connectivity index (χ2n) is 4.50. The molecule has 2 aromatic rings. The van der Waals surface area contributed by atoms with Crippen LogP contribution in [-0.4, -0.2) is 11.4 Å². The predicted octanol–water partition coefficient (Wildman–Crippen LogP) is 4.52. The number of rotatable bonds is 5. The van der Waals surface area contributed by atoms with Gasteiger partial charge in [-0.1, -0.05) is 65.7 Å². The predicted molar refractivity (Wildman–Crippen MR) is 82.6 cm³/mol. The molecule has 0 aromatic heterocycles. The summed E-state index contributed by atoms with van der Waals surface area (Å²) in [6.07, 6.45) is 0. The molecule has 0 saturated heterocycles. The first-order valence-corrected chi connectivity index (χ1v) is 7.02. The molecule has 0 spiro atoms. The Bertz CT molecular complexity index is 606. The SMILES string of the molecule is N#CCN(Cc1ccccc1)Cc1cccc(Cl)c1Cl. The van der Waals surface area contributed by atoms with E-state index in [-0.39, 0.29) is 0 Å². The minimum Gasteiger partial charge on any atom is -0.282 e. The van der Waals surface area contributed by atoms with Crippen LogP contribution in [0.15, 0.2) is 48.5 Å². The molecule has 0 aliphatic rings. The molecule has 2 nitrogen and oxygen atoms in total. The molecular weight excluding hydrogens is 291 g/mol. The Morgan fingerprint density at radius 3 is 2.40 bits per heavy atom. The summed E-state index contributed by atoms with van der Waals surface area (Å²) < 4.78 is 0. The van der Waals surface area contributed by atoms with Crippen molar-refractivity contribution in [2.75, 3.05) is 6.54 Å². The fourth-order valence-electron chi connectivity index (χ4n) is 2.02. The minimum absolute atomic E-state index is 0.345. The van der Waals surface area contributed by atoms with Gasteiger partial charge in [0, 0.05) is 13.1 Å². The Morgan fingerprint density at radius 1 is 0.950 bits per heavy atom. The zero-order valence-corrected chi connectivity index (χ0v) is 12.4. The number of nitriles is 1. The highest BCUT2D eigenvalue weighted by Gasteiger charge is 2.10. The van der Waals surface area contributed by atoms with E-state index in [0.29, 0.717) is 29.7 Å². The van der Waals surface area contributed by atoms with Crippen molar-refractivity contribution in [3.05, 3.63) is 69.7 Å². The lowest BCUT2D eigenvalue weighted by molar-refractivity contribution is 0.289. The Hall–Kier alpha value is -1.53. The molecule has 0 bridgehead atoms. The number of nitrogens with zero attached hydrogens (tertiary/aromatic N) is 2. The summed E-state index contributed by atoms with van der Waals surface area (Å²) in [5.41, 5.74) is 2.10. The molecular formula is C16H14Cl2N2. The zero-order chi connectivity index (χ0) is 14.4. The molecule has 0 unspecified atom stereocenters. The molecule has 20 heavy (non-hydrogen) atoms. The molecule has 0 aliphatic carbocycles. The summed E-state index contributed by atoms with van der Waals surface area (Å²) in [6.45, 7) is 1.65. The van der Waals surface area contributed by atoms with Crippen molar-refractivity contribution in [3.8, 4) is 6.07 Å². The van der Waals surface area contributed by atoms with Gasteiger partial charge in [-0.25, -0.2) is 0 Å². The number of halogens is 2. The molecule has 2 rings (SSSR count). The van der Waals surface area contributed by atoms with E-state index in [2.05, 4.69) is 6.07 Å². The van der Waals surface area contributed by atoms with Crippen molar-refractivity contribution in [2.24, 2.45) is 0 Å². The maximum atomic E-state index is 8.97. The minimum atomic E-state index is 0.345. The average molecular weight is 305 g/mol. The van der Waals surface area contributed by atoms with E-state index in [0.717, 1.165) is 5.56 Å². The monoisotopic (exact) mass is 304 g/mol. The van der Waals surface area contributed by atoms with Crippen molar-refractivity contribution in [1.82, 2.24) is 4.90 Å². The van der Waals surface area contributed by atoms with Crippen LogP contribution in [-0.2, 0) is 13.1 Å². The van der Waals surface area contributed by atoms with Crippen LogP contribution in [0.3, 0.4) is 0 Å². The molecule has 2 aromatic carbocycles. The van der Waals surface area contributed by atoms with Gasteiger partial charge in [-0.2, -0.15) is 5.26 Å². The molecule has 4 heteroatoms. The zero-order valence-electron chi connectivity index (χ0n) is 10.9. The van der Waals surface area contributed by atoms with E-state index in [1.165, 1.54) is 5.56 Å². The van der Waals surface area contributed by atoms with E-state index < -0.39 is 0 Å². The smallest absolute Gasteiger partial charge is 0.0871 e. The quantitative estimate of drug-likeness (QED) is 0.759. The van der Waals surface area contributed by atoms with Crippen molar-refractivity contribution in [1.29, 1.82) is 5.26 Å². The lowest BCUT2D eigenvalue weighted by Crippen LogP contribution is -2.23. The molecule has 0 aliphatic heterocycles. The van der Waals surface area contributed by atoms with Crippen LogP contribution in [0, 0.1) is 11.3 Å². The van der Waals surface area contributed by atoms with Gasteiger partial charge in [0.15, 0.2) is 0 Å². The summed E-state index contributed by atoms with van der Waals surface area (Å²) in [4.78, 5) is 2.03. The Kier molecular flexibility index (Phi) is 5.43. The summed E-state index contributed by atoms with van der Waals surface area (Å²) in [5, 5.41) is 10.1. The summed E-state index contributed by atoms with van der Waals surface area (Å²) >= 11 is 12.2. The summed E-state index contributed by atoms with van der Waals surface area (Å²) in [5.74, 6) is 0. The van der Waals surface area contributed by atoms with E-state index in [9.17, 15) is 0 Å². The Morgan fingerprint density at radius 2 is 1.70 bits per heavy atom. The second kappa shape index (κ2) is 7.31. The maximum Gasteiger partial charge on any atom is 0.0871 e. The topological polar surface area (TPSA) is 27.0 Å². The van der Waals surface area contributed by atoms with Crippen LogP contribution >= 0.6 is 23.2 Å². The lowest BCUT2D eigenvalue weighted by atomic mass is 10.1. The number of hydrogen-bond acceptors (Lipinski definition) is 2. The highest BCUT2D eigenvalue weighted by atomic mass is 35.5. The maximum absolute atomic E-state index is 8.97. The van der Waals surface area contributed by atoms with Gasteiger partial charge in [-0.3, -0.25) is 4.90 Å². The van der Waals surface area contributed by atoms with Gasteiger partial charge < -0.3 is 0 Å². The largest absolute Gasteiger partial charge is 0.282 e. The van der Waals surface area contributed by atoms with Gasteiger partial charge >= 0.3 is 0 Å². The fourth-order valence-corrected chi connectivity index (χ4v) is 2.40. The van der Waals surface area contributed by atoms with E-state index in [1.807, 2.05) is 47.4 Å². The highest BCUT2D eigenvalue weighted by Crippen LogP contribution is 2.26. The van der Waals surface area contributed by atoms with Gasteiger partial charge in [0.2, 0.25) is 0 Å². The van der Waals surface area contributed by atoms with Crippen LogP contribution in [0.1, 0.15) is 11.1 Å². The van der Waals surface area contributed by atoms with Gasteiger partial charge in [0.05, 0.1) is 22.7 Å². The van der Waals surface area contributed by atoms with E-state index in [1.54, 1.807) is 6.07 Å². The number of hydrogen-bond donors (Lipinski definition) is 0. The van der Waals surface area contributed by atoms with Gasteiger partial charge in [0.25, 0.3) is 0 Å². The molecule has 0 radical (unpaired) electrons. The second-order valence-corrected chi connectivity index (χ2v) is 5.29. The van der Waals surface area contributed by atoms with Crippen LogP contribution in [0.25, 0.3) is 0 Å². The molecule has 0 heterocycles. The third-order valence-electron chi connectivity index (χ3n) is 2.97. The molecule has 0 fully saturated rings. The van der Waals surface area contributed by atoms with Gasteiger partial charge in [0.1, 0.15) is 0 Å². The van der Waals surface area contributed by atoms with Crippen molar-refractivity contribution in [3.63, 3.8) is 0 Å². The van der Waals surface area contributed by atoms with Crippen molar-refractivity contribution >= 4 is 23.2 Å². The van der Waals surface area contributed by atoms with Gasteiger partial charge in [-0.05, 0) is 17.2 Å². The van der Waals surface area contributed by atoms with Crippen LogP contribution in [0.2, 0.25) is 10.0 Å². The van der Waals surface area contributed by atoms with Gasteiger partial charge in [-0.15, -0.1) is 0 Å². The molecule has 0 atom stereocenters. The number of benzene rings is 2. The first kappa shape index (κ1) is 14.9. The molecule has 0 saturated carbocycles. The molecule has 0 N–H and O–H groups in total. The average Bonchev–Trinajstić information content (AvgIpc) is 2.45. The van der Waals surface area contributed by atoms with Crippen LogP contribution in [0.4, 0.5) is 0 Å². The van der Waals surface area contributed by atoms with E-state index in [4.69, 9.17) is 28.5 Å². The van der Waals surface area contributed by atoms with Crippen LogP contribution in [0.5, 0.6) is 0 Å². The Balaban J connectivity index is 2.14. The van der Waals surface area contributed by atoms with Crippen LogP contribution < -0.4 is 0 Å². The van der Waals surface area contributed by atoms with Crippen molar-refractivity contribution < 1.29 is 0 Å². The summed E-state index contributed by atoms with van der Waals surface area (Å²) in [6, 6.07) is 17.8. The first-order valence-electron chi connectivity index (χ1n) is 6.27. The Labute approximate surface area is 129 Å². The lowest BCUT2D eigenvalue weighted by Gasteiger charge is -2.20.